The molecule has 78 valence electrons. The second-order valence-corrected chi connectivity index (χ2v) is 3.91. The van der Waals surface area contributed by atoms with E-state index in [0.717, 1.165) is 13.1 Å². The molecule has 0 aliphatic carbocycles. The van der Waals surface area contributed by atoms with Crippen molar-refractivity contribution in [2.24, 2.45) is 0 Å². The fraction of sp³-hybridized carbons (Fsp3) is 0.500. The molecule has 1 aromatic rings. The Morgan fingerprint density at radius 3 is 2.50 bits per heavy atom. The van der Waals surface area contributed by atoms with Crippen LogP contribution in [0, 0.1) is 6.92 Å². The van der Waals surface area contributed by atoms with Gasteiger partial charge in [-0.1, -0.05) is 13.0 Å². The van der Waals surface area contributed by atoms with Crippen molar-refractivity contribution in [2.45, 2.75) is 20.3 Å². The van der Waals surface area contributed by atoms with Gasteiger partial charge in [0.05, 0.1) is 6.67 Å². The fourth-order valence-electron chi connectivity index (χ4n) is 1.45. The Bertz CT molecular complexity index is 292. The molecule has 0 unspecified atom stereocenters. The molecule has 0 amide bonds. The van der Waals surface area contributed by atoms with Gasteiger partial charge in [-0.05, 0) is 50.7 Å². The number of aryl methyl sites for hydroxylation is 2. The molecular weight excluding hydrogens is 172 g/mol. The van der Waals surface area contributed by atoms with Gasteiger partial charge >= 0.3 is 0 Å². The summed E-state index contributed by atoms with van der Waals surface area (Å²) in [4.78, 5) is 2.11. The number of anilines is 1. The number of nitrogens with zero attached hydrogens (tertiary/aromatic N) is 1. The molecule has 14 heavy (non-hydrogen) atoms. The lowest BCUT2D eigenvalue weighted by Gasteiger charge is -2.13. The molecule has 0 fully saturated rings. The Hall–Kier alpha value is -1.02. The van der Waals surface area contributed by atoms with E-state index in [-0.39, 0.29) is 0 Å². The average molecular weight is 192 g/mol. The van der Waals surface area contributed by atoms with Crippen LogP contribution in [-0.2, 0) is 6.42 Å². The number of hydrogen-bond acceptors (Lipinski definition) is 2. The summed E-state index contributed by atoms with van der Waals surface area (Å²) in [5, 5.41) is 3.36. The highest BCUT2D eigenvalue weighted by Gasteiger charge is 1.97. The summed E-state index contributed by atoms with van der Waals surface area (Å²) in [5.74, 6) is 0. The van der Waals surface area contributed by atoms with Crippen molar-refractivity contribution in [3.8, 4) is 0 Å². The molecule has 0 aliphatic heterocycles. The molecule has 1 N–H and O–H groups in total. The molecule has 0 saturated carbocycles. The Labute approximate surface area is 86.9 Å². The number of rotatable bonds is 4. The zero-order valence-electron chi connectivity index (χ0n) is 9.59. The molecule has 0 heterocycles. The van der Waals surface area contributed by atoms with E-state index in [1.807, 2.05) is 0 Å². The Kier molecular flexibility index (Phi) is 3.96. The van der Waals surface area contributed by atoms with Gasteiger partial charge in [0.15, 0.2) is 0 Å². The fourth-order valence-corrected chi connectivity index (χ4v) is 1.45. The third-order valence-electron chi connectivity index (χ3n) is 2.32. The molecule has 1 rings (SSSR count). The first-order chi connectivity index (χ1) is 6.63. The number of hydrogen-bond donors (Lipinski definition) is 1. The van der Waals surface area contributed by atoms with Gasteiger partial charge in [0.1, 0.15) is 0 Å². The normalized spacial score (nSPS) is 10.6. The van der Waals surface area contributed by atoms with Crippen LogP contribution in [0.15, 0.2) is 18.2 Å². The van der Waals surface area contributed by atoms with Crippen LogP contribution in [0.2, 0.25) is 0 Å². The minimum atomic E-state index is 0.880. The number of nitrogens with one attached hydrogen (secondary N) is 1. The van der Waals surface area contributed by atoms with E-state index in [9.17, 15) is 0 Å². The minimum Gasteiger partial charge on any atom is -0.372 e. The van der Waals surface area contributed by atoms with Crippen molar-refractivity contribution >= 4 is 5.69 Å². The molecule has 2 heteroatoms. The summed E-state index contributed by atoms with van der Waals surface area (Å²) in [6, 6.07) is 6.56. The monoisotopic (exact) mass is 192 g/mol. The first-order valence-electron chi connectivity index (χ1n) is 5.11. The van der Waals surface area contributed by atoms with Gasteiger partial charge in [-0.15, -0.1) is 0 Å². The van der Waals surface area contributed by atoms with E-state index in [0.29, 0.717) is 0 Å². The summed E-state index contributed by atoms with van der Waals surface area (Å²) in [5.41, 5.74) is 4.00. The highest BCUT2D eigenvalue weighted by atomic mass is 15.2. The Morgan fingerprint density at radius 1 is 1.29 bits per heavy atom. The molecule has 0 saturated heterocycles. The lowest BCUT2D eigenvalue weighted by atomic mass is 10.1. The lowest BCUT2D eigenvalue weighted by Crippen LogP contribution is -2.20. The molecule has 2 nitrogen and oxygen atoms in total. The SMILES string of the molecule is CCc1ccc(NCN(C)C)cc1C. The number of benzene rings is 1. The van der Waals surface area contributed by atoms with E-state index in [2.05, 4.69) is 56.4 Å². The highest BCUT2D eigenvalue weighted by Crippen LogP contribution is 2.15. The van der Waals surface area contributed by atoms with Gasteiger partial charge in [-0.3, -0.25) is 4.90 Å². The van der Waals surface area contributed by atoms with Gasteiger partial charge in [-0.2, -0.15) is 0 Å². The second-order valence-electron chi connectivity index (χ2n) is 3.91. The smallest absolute Gasteiger partial charge is 0.0673 e. The zero-order chi connectivity index (χ0) is 10.6. The average Bonchev–Trinajstić information content (AvgIpc) is 2.15. The molecule has 0 aromatic heterocycles. The van der Waals surface area contributed by atoms with Crippen LogP contribution in [-0.4, -0.2) is 25.7 Å². The third kappa shape index (κ3) is 3.04. The van der Waals surface area contributed by atoms with Crippen LogP contribution < -0.4 is 5.32 Å². The molecule has 0 spiro atoms. The maximum atomic E-state index is 3.36. The van der Waals surface area contributed by atoms with E-state index in [4.69, 9.17) is 0 Å². The van der Waals surface area contributed by atoms with Gasteiger partial charge in [0.25, 0.3) is 0 Å². The summed E-state index contributed by atoms with van der Waals surface area (Å²) in [6.07, 6.45) is 1.11. The van der Waals surface area contributed by atoms with Crippen molar-refractivity contribution in [3.63, 3.8) is 0 Å². The highest BCUT2D eigenvalue weighted by molar-refractivity contribution is 5.48. The van der Waals surface area contributed by atoms with Crippen LogP contribution >= 0.6 is 0 Å². The summed E-state index contributed by atoms with van der Waals surface area (Å²) in [7, 11) is 4.11. The maximum absolute atomic E-state index is 3.36. The van der Waals surface area contributed by atoms with Gasteiger partial charge in [-0.25, -0.2) is 0 Å². The van der Waals surface area contributed by atoms with Gasteiger partial charge < -0.3 is 5.32 Å². The quantitative estimate of drug-likeness (QED) is 0.737. The predicted molar refractivity (Wildman–Crippen MR) is 62.7 cm³/mol. The molecule has 0 bridgehead atoms. The summed E-state index contributed by atoms with van der Waals surface area (Å²) < 4.78 is 0. The van der Waals surface area contributed by atoms with Crippen LogP contribution in [0.1, 0.15) is 18.1 Å². The molecule has 0 radical (unpaired) electrons. The molecular formula is C12H20N2. The van der Waals surface area contributed by atoms with Crippen molar-refractivity contribution in [2.75, 3.05) is 26.1 Å². The Morgan fingerprint density at radius 2 is 2.00 bits per heavy atom. The van der Waals surface area contributed by atoms with Gasteiger partial charge in [0.2, 0.25) is 0 Å². The molecule has 0 aliphatic rings. The van der Waals surface area contributed by atoms with Crippen LogP contribution in [0.4, 0.5) is 5.69 Å². The first-order valence-corrected chi connectivity index (χ1v) is 5.11. The Balaban J connectivity index is 2.66. The van der Waals surface area contributed by atoms with E-state index < -0.39 is 0 Å². The maximum Gasteiger partial charge on any atom is 0.0673 e. The van der Waals surface area contributed by atoms with Crippen molar-refractivity contribution in [1.29, 1.82) is 0 Å². The molecule has 1 aromatic carbocycles. The van der Waals surface area contributed by atoms with E-state index >= 15 is 0 Å². The third-order valence-corrected chi connectivity index (χ3v) is 2.32. The second kappa shape index (κ2) is 5.01. The van der Waals surface area contributed by atoms with Crippen molar-refractivity contribution in [1.82, 2.24) is 4.90 Å². The standard InChI is InChI=1S/C12H20N2/c1-5-11-6-7-12(8-10(11)2)13-9-14(3)4/h6-8,13H,5,9H2,1-4H3. The summed E-state index contributed by atoms with van der Waals surface area (Å²) in [6.45, 7) is 5.24. The van der Waals surface area contributed by atoms with E-state index in [1.54, 1.807) is 0 Å². The molecule has 0 atom stereocenters. The first kappa shape index (κ1) is 11.1. The predicted octanol–water partition coefficient (Wildman–Crippen LogP) is 2.49. The topological polar surface area (TPSA) is 15.3 Å². The zero-order valence-corrected chi connectivity index (χ0v) is 9.59. The van der Waals surface area contributed by atoms with E-state index in [1.165, 1.54) is 16.8 Å². The van der Waals surface area contributed by atoms with Crippen LogP contribution in [0.5, 0.6) is 0 Å². The minimum absolute atomic E-state index is 0.880. The largest absolute Gasteiger partial charge is 0.372 e. The van der Waals surface area contributed by atoms with Crippen molar-refractivity contribution in [3.05, 3.63) is 29.3 Å². The lowest BCUT2D eigenvalue weighted by molar-refractivity contribution is 0.440. The van der Waals surface area contributed by atoms with Crippen LogP contribution in [0.3, 0.4) is 0 Å². The van der Waals surface area contributed by atoms with Crippen molar-refractivity contribution < 1.29 is 0 Å². The summed E-state index contributed by atoms with van der Waals surface area (Å²) >= 11 is 0. The van der Waals surface area contributed by atoms with Gasteiger partial charge in [0, 0.05) is 5.69 Å². The van der Waals surface area contributed by atoms with Crippen LogP contribution in [0.25, 0.3) is 0 Å².